The molecule has 12 aromatic carbocycles. The molecule has 1 aromatic heterocycles. The van der Waals surface area contributed by atoms with Gasteiger partial charge in [-0.25, -0.2) is 45.1 Å². The van der Waals surface area contributed by atoms with Crippen molar-refractivity contribution in [3.05, 3.63) is 276 Å². The van der Waals surface area contributed by atoms with Crippen molar-refractivity contribution < 1.29 is 35.1 Å². The van der Waals surface area contributed by atoms with Crippen molar-refractivity contribution in [1.29, 1.82) is 0 Å². The number of nitrogens with one attached hydrogen (secondary N) is 1. The number of rotatable bonds is 4. The summed E-state index contributed by atoms with van der Waals surface area (Å²) in [6.07, 6.45) is -0.0488. The summed E-state index contributed by atoms with van der Waals surface area (Å²) < 4.78 is 131. The minimum atomic E-state index is -0.895. The number of nitrogens with zero attached hydrogens (tertiary/aromatic N) is 2. The van der Waals surface area contributed by atoms with E-state index in [0.717, 1.165) is 67.4 Å². The van der Waals surface area contributed by atoms with Gasteiger partial charge >= 0.3 is 0 Å². The standard InChI is InChI=1S/C77H39F8N3/c78-50-17-46(18-51(79)33-50)68-60-37-61(59-26-39-10-2-1-9-38(39)25-58(59)60)69(47-19-52(80)34-53(81)20-47)73-63-28-41-12-4-6-14-43(41)30-65(63)75(87-73)71(49-23-56(84)36-57(85)24-49)77-67-32-45-16-8-7-15-44(45)31-66(67)76(88-77)70(48-21-54(82)35-55(83)22-48)74-64-29-42-13-5-3-11-40(42)27-62(64)72(68)86-74/h1-36,88H,37H2. The fourth-order valence-corrected chi connectivity index (χ4v) is 13.9. The highest BCUT2D eigenvalue weighted by molar-refractivity contribution is 6.22. The van der Waals surface area contributed by atoms with Gasteiger partial charge in [0.05, 0.1) is 33.8 Å². The van der Waals surface area contributed by atoms with Crippen LogP contribution in [0.4, 0.5) is 35.1 Å². The molecule has 8 bridgehead atoms. The van der Waals surface area contributed by atoms with Gasteiger partial charge in [-0.05, 0) is 184 Å². The number of aromatic amines is 1. The van der Waals surface area contributed by atoms with Crippen LogP contribution in [0, 0.1) is 46.5 Å². The monoisotopic (exact) mass is 1160 g/mol. The Balaban J connectivity index is 1.23. The minimum Gasteiger partial charge on any atom is -0.353 e. The van der Waals surface area contributed by atoms with E-state index >= 15 is 35.1 Å². The van der Waals surface area contributed by atoms with Crippen LogP contribution in [0.3, 0.4) is 0 Å². The highest BCUT2D eigenvalue weighted by Crippen LogP contribution is 2.55. The first-order valence-electron chi connectivity index (χ1n) is 28.5. The SMILES string of the molecule is Fc1cc(F)cc(-c2c3nc(c(-c4cc(F)cc(F)c4)c4[nH]c(c(-c5cc(F)cc(F)c5)c5nc(c(-c6cc(F)cc(F)c6)c6c7cc8ccccc8cc7c2C6)-c2cc6ccccc6cc2-5)c2cc5ccccc5cc42)-c2cc4ccccc4cc2-3)c1. The van der Waals surface area contributed by atoms with Crippen LogP contribution in [0.25, 0.3) is 165 Å². The molecule has 0 unspecified atom stereocenters. The predicted octanol–water partition coefficient (Wildman–Crippen LogP) is 21.7. The van der Waals surface area contributed by atoms with Crippen LogP contribution in [0.1, 0.15) is 11.1 Å². The Morgan fingerprint density at radius 2 is 0.477 bits per heavy atom. The van der Waals surface area contributed by atoms with Crippen molar-refractivity contribution in [2.24, 2.45) is 0 Å². The summed E-state index contributed by atoms with van der Waals surface area (Å²) in [5, 5.41) is 8.50. The third kappa shape index (κ3) is 8.10. The van der Waals surface area contributed by atoms with Gasteiger partial charge in [0.15, 0.2) is 0 Å². The van der Waals surface area contributed by atoms with Crippen LogP contribution in [-0.2, 0) is 6.42 Å². The van der Waals surface area contributed by atoms with Crippen molar-refractivity contribution >= 4 is 75.7 Å². The number of halogens is 8. The molecular weight excluding hydrogens is 1120 g/mol. The summed E-state index contributed by atoms with van der Waals surface area (Å²) in [7, 11) is 0. The summed E-state index contributed by atoms with van der Waals surface area (Å²) in [5.41, 5.74) is 5.98. The van der Waals surface area contributed by atoms with Gasteiger partial charge in [0.2, 0.25) is 0 Å². The summed E-state index contributed by atoms with van der Waals surface area (Å²) in [6.45, 7) is 0. The van der Waals surface area contributed by atoms with E-state index in [1.165, 1.54) is 48.5 Å². The van der Waals surface area contributed by atoms with E-state index in [9.17, 15) is 0 Å². The zero-order valence-electron chi connectivity index (χ0n) is 45.9. The zero-order valence-corrected chi connectivity index (χ0v) is 45.9. The maximum absolute atomic E-state index is 16.4. The molecule has 0 amide bonds. The van der Waals surface area contributed by atoms with E-state index in [0.29, 0.717) is 77.1 Å². The third-order valence-corrected chi connectivity index (χ3v) is 17.5. The number of fused-ring (bicyclic) bond motifs is 4. The lowest BCUT2D eigenvalue weighted by Crippen LogP contribution is -1.96. The van der Waals surface area contributed by atoms with Gasteiger partial charge in [-0.2, -0.15) is 0 Å². The van der Waals surface area contributed by atoms with Crippen molar-refractivity contribution in [2.75, 3.05) is 0 Å². The largest absolute Gasteiger partial charge is 0.353 e. The first kappa shape index (κ1) is 51.4. The summed E-state index contributed by atoms with van der Waals surface area (Å²) in [5.74, 6) is -7.09. The van der Waals surface area contributed by atoms with Crippen molar-refractivity contribution in [2.45, 2.75) is 6.42 Å². The molecule has 2 aliphatic carbocycles. The second kappa shape index (κ2) is 19.2. The summed E-state index contributed by atoms with van der Waals surface area (Å²) in [6, 6.07) is 59.2. The average Bonchev–Trinajstić information content (AvgIpc) is 1.60. The Hall–Kier alpha value is -11.0. The van der Waals surface area contributed by atoms with Gasteiger partial charge in [-0.1, -0.05) is 97.1 Å². The number of hydrogen-bond donors (Lipinski definition) is 1. The predicted molar refractivity (Wildman–Crippen MR) is 336 cm³/mol. The minimum absolute atomic E-state index is 0.0488. The van der Waals surface area contributed by atoms with Gasteiger partial charge in [-0.15, -0.1) is 0 Å². The normalized spacial score (nSPS) is 12.3. The molecule has 0 radical (unpaired) electrons. The van der Waals surface area contributed by atoms with E-state index in [4.69, 9.17) is 9.97 Å². The van der Waals surface area contributed by atoms with Crippen LogP contribution in [0.5, 0.6) is 0 Å². The molecule has 13 aromatic rings. The molecule has 1 N–H and O–H groups in total. The molecule has 17 rings (SSSR count). The van der Waals surface area contributed by atoms with E-state index < -0.39 is 46.5 Å². The van der Waals surface area contributed by atoms with Gasteiger partial charge in [0.1, 0.15) is 46.5 Å². The molecule has 2 aliphatic heterocycles. The molecule has 0 saturated heterocycles. The quantitative estimate of drug-likeness (QED) is 0.178. The molecule has 4 aliphatic rings. The smallest absolute Gasteiger partial charge is 0.126 e. The van der Waals surface area contributed by atoms with Crippen LogP contribution in [0.15, 0.2) is 218 Å². The van der Waals surface area contributed by atoms with E-state index in [2.05, 4.69) is 4.98 Å². The van der Waals surface area contributed by atoms with Crippen LogP contribution < -0.4 is 0 Å². The van der Waals surface area contributed by atoms with Crippen LogP contribution >= 0.6 is 0 Å². The topological polar surface area (TPSA) is 41.6 Å². The first-order chi connectivity index (χ1) is 42.8. The Labute approximate surface area is 495 Å². The fourth-order valence-electron chi connectivity index (χ4n) is 13.9. The molecule has 0 saturated carbocycles. The lowest BCUT2D eigenvalue weighted by atomic mass is 9.89. The molecule has 3 nitrogen and oxygen atoms in total. The van der Waals surface area contributed by atoms with Crippen molar-refractivity contribution in [1.82, 2.24) is 15.0 Å². The van der Waals surface area contributed by atoms with E-state index in [1.54, 1.807) is 0 Å². The lowest BCUT2D eigenvalue weighted by Gasteiger charge is -2.14. The molecule has 88 heavy (non-hydrogen) atoms. The Kier molecular flexibility index (Phi) is 11.2. The van der Waals surface area contributed by atoms with Gasteiger partial charge < -0.3 is 4.98 Å². The third-order valence-electron chi connectivity index (χ3n) is 17.5. The van der Waals surface area contributed by atoms with E-state index in [-0.39, 0.29) is 62.6 Å². The maximum atomic E-state index is 16.4. The van der Waals surface area contributed by atoms with E-state index in [1.807, 2.05) is 146 Å². The molecular formula is C77H39F8N3. The number of H-pyrrole nitrogens is 1. The van der Waals surface area contributed by atoms with Crippen LogP contribution in [-0.4, -0.2) is 15.0 Å². The zero-order chi connectivity index (χ0) is 59.4. The molecule has 0 fully saturated rings. The highest BCUT2D eigenvalue weighted by atomic mass is 19.2. The number of benzene rings is 12. The number of aromatic nitrogens is 3. The Bertz CT molecular complexity index is 5300. The second-order valence-corrected chi connectivity index (χ2v) is 22.7. The molecule has 11 heteroatoms. The maximum Gasteiger partial charge on any atom is 0.126 e. The Morgan fingerprint density at radius 1 is 0.250 bits per heavy atom. The highest BCUT2D eigenvalue weighted by Gasteiger charge is 2.34. The van der Waals surface area contributed by atoms with Crippen LogP contribution in [0.2, 0.25) is 0 Å². The van der Waals surface area contributed by atoms with Crippen molar-refractivity contribution in [3.63, 3.8) is 0 Å². The molecule has 418 valence electrons. The fraction of sp³-hybridized carbons (Fsp3) is 0.0130. The molecule has 0 spiro atoms. The second-order valence-electron chi connectivity index (χ2n) is 22.7. The summed E-state index contributed by atoms with van der Waals surface area (Å²) in [4.78, 5) is 15.1. The van der Waals surface area contributed by atoms with Gasteiger partial charge in [0, 0.05) is 86.0 Å². The Morgan fingerprint density at radius 3 is 0.750 bits per heavy atom. The lowest BCUT2D eigenvalue weighted by molar-refractivity contribution is 0.583. The van der Waals surface area contributed by atoms with Crippen molar-refractivity contribution in [3.8, 4) is 89.5 Å². The summed E-state index contributed by atoms with van der Waals surface area (Å²) >= 11 is 0. The van der Waals surface area contributed by atoms with Gasteiger partial charge in [0.25, 0.3) is 0 Å². The first-order valence-corrected chi connectivity index (χ1v) is 28.5. The number of hydrogen-bond acceptors (Lipinski definition) is 2. The average molecular weight is 1160 g/mol. The molecule has 0 atom stereocenters. The van der Waals surface area contributed by atoms with Gasteiger partial charge in [-0.3, -0.25) is 0 Å². The molecule has 3 heterocycles.